The van der Waals surface area contributed by atoms with Gasteiger partial charge in [-0.1, -0.05) is 0 Å². The van der Waals surface area contributed by atoms with E-state index in [1.54, 1.807) is 13.2 Å². The van der Waals surface area contributed by atoms with Crippen molar-refractivity contribution in [1.29, 1.82) is 0 Å². The minimum absolute atomic E-state index is 0.340. The van der Waals surface area contributed by atoms with E-state index in [-0.39, 0.29) is 5.69 Å². The number of nitrogens with zero attached hydrogens (tertiary/aromatic N) is 2. The van der Waals surface area contributed by atoms with Crippen molar-refractivity contribution in [2.75, 3.05) is 18.5 Å². The Hall–Kier alpha value is -2.28. The maximum Gasteiger partial charge on any atom is 0.349 e. The first-order chi connectivity index (χ1) is 9.69. The summed E-state index contributed by atoms with van der Waals surface area (Å²) < 4.78 is 12.8. The van der Waals surface area contributed by atoms with Gasteiger partial charge in [-0.25, -0.2) is 4.79 Å². The number of nitrogens with two attached hydrogens (primary N) is 1. The zero-order chi connectivity index (χ0) is 14.1. The molecule has 0 radical (unpaired) electrons. The lowest BCUT2D eigenvalue weighted by Crippen LogP contribution is -2.27. The van der Waals surface area contributed by atoms with E-state index in [9.17, 15) is 4.79 Å². The Balaban J connectivity index is 1.93. The van der Waals surface area contributed by atoms with Crippen molar-refractivity contribution in [3.05, 3.63) is 40.0 Å². The van der Waals surface area contributed by atoms with Crippen LogP contribution in [-0.4, -0.2) is 22.7 Å². The van der Waals surface area contributed by atoms with Crippen molar-refractivity contribution in [1.82, 2.24) is 9.55 Å². The molecule has 20 heavy (non-hydrogen) atoms. The molecular weight excluding hydrogens is 260 g/mol. The van der Waals surface area contributed by atoms with Crippen molar-refractivity contribution in [3.8, 4) is 5.75 Å². The van der Waals surface area contributed by atoms with Crippen LogP contribution in [0.1, 0.15) is 12.8 Å². The molecule has 7 nitrogen and oxygen atoms in total. The number of aryl methyl sites for hydroxylation is 1. The molecule has 3 rings (SSSR count). The highest BCUT2D eigenvalue weighted by atomic mass is 16.5. The van der Waals surface area contributed by atoms with E-state index in [0.717, 1.165) is 24.3 Å². The lowest BCUT2D eigenvalue weighted by molar-refractivity contribution is 0.220. The summed E-state index contributed by atoms with van der Waals surface area (Å²) in [7, 11) is 1.64. The number of rotatable bonds is 3. The van der Waals surface area contributed by atoms with Crippen molar-refractivity contribution >= 4 is 5.82 Å². The molecule has 0 aromatic carbocycles. The molecule has 2 aliphatic rings. The van der Waals surface area contributed by atoms with E-state index in [1.807, 2.05) is 6.08 Å². The Bertz CT molecular complexity index is 660. The summed E-state index contributed by atoms with van der Waals surface area (Å²) in [6, 6.07) is 0. The third-order valence-corrected chi connectivity index (χ3v) is 3.13. The van der Waals surface area contributed by atoms with Gasteiger partial charge in [-0.05, 0) is 12.5 Å². The number of fused-ring (bicyclic) bond motifs is 1. The van der Waals surface area contributed by atoms with Gasteiger partial charge in [-0.15, -0.1) is 0 Å². The quantitative estimate of drug-likeness (QED) is 0.833. The van der Waals surface area contributed by atoms with Gasteiger partial charge in [0, 0.05) is 20.0 Å². The van der Waals surface area contributed by atoms with Gasteiger partial charge in [0.15, 0.2) is 11.6 Å². The molecule has 0 unspecified atom stereocenters. The standard InChI is InChI=1S/C13H16N4O3/c1-17-7-10-12(16-13(17)18)15-11-8(19-6-5-14)3-2-4-9(11)20-10/h3,7H,2,4-6,14H2,1H3,(H,15,16,18). The summed E-state index contributed by atoms with van der Waals surface area (Å²) in [6.45, 7) is 0.872. The summed E-state index contributed by atoms with van der Waals surface area (Å²) in [5, 5.41) is 3.12. The van der Waals surface area contributed by atoms with Crippen LogP contribution in [-0.2, 0) is 11.8 Å². The highest BCUT2D eigenvalue weighted by Crippen LogP contribution is 2.36. The smallest absolute Gasteiger partial charge is 0.349 e. The molecular formula is C13H16N4O3. The summed E-state index contributed by atoms with van der Waals surface area (Å²) in [6.07, 6.45) is 5.23. The van der Waals surface area contributed by atoms with Gasteiger partial charge in [0.1, 0.15) is 23.8 Å². The Kier molecular flexibility index (Phi) is 3.19. The molecule has 0 atom stereocenters. The molecule has 0 fully saturated rings. The van der Waals surface area contributed by atoms with Crippen LogP contribution in [0.5, 0.6) is 5.75 Å². The van der Waals surface area contributed by atoms with Gasteiger partial charge in [0.2, 0.25) is 0 Å². The topological polar surface area (TPSA) is 91.4 Å². The van der Waals surface area contributed by atoms with Crippen LogP contribution < -0.4 is 21.5 Å². The second-order valence-electron chi connectivity index (χ2n) is 4.62. The van der Waals surface area contributed by atoms with E-state index in [0.29, 0.717) is 30.5 Å². The summed E-state index contributed by atoms with van der Waals surface area (Å²) in [5.74, 6) is 2.46. The number of hydrogen-bond acceptors (Lipinski definition) is 6. The fraction of sp³-hybridized carbons (Fsp3) is 0.385. The van der Waals surface area contributed by atoms with Crippen LogP contribution >= 0.6 is 0 Å². The molecule has 7 heteroatoms. The van der Waals surface area contributed by atoms with Crippen LogP contribution in [0.2, 0.25) is 0 Å². The Morgan fingerprint density at radius 3 is 3.25 bits per heavy atom. The normalized spacial score (nSPS) is 16.6. The SMILES string of the molecule is Cn1cc2c(nc1=O)NC1=C(CCC=C1OCCN)O2. The molecule has 106 valence electrons. The third-order valence-electron chi connectivity index (χ3n) is 3.13. The molecule has 0 bridgehead atoms. The molecule has 0 saturated carbocycles. The molecule has 0 amide bonds. The summed E-state index contributed by atoms with van der Waals surface area (Å²) in [5.41, 5.74) is 5.84. The highest BCUT2D eigenvalue weighted by molar-refractivity contribution is 5.60. The Morgan fingerprint density at radius 2 is 2.45 bits per heavy atom. The molecule has 1 aliphatic heterocycles. The average Bonchev–Trinajstić information content (AvgIpc) is 2.44. The van der Waals surface area contributed by atoms with Crippen molar-refractivity contribution in [3.63, 3.8) is 0 Å². The second kappa shape index (κ2) is 5.01. The first-order valence-electron chi connectivity index (χ1n) is 6.48. The largest absolute Gasteiger partial charge is 0.490 e. The summed E-state index contributed by atoms with van der Waals surface area (Å²) in [4.78, 5) is 15.5. The molecule has 3 N–H and O–H groups in total. The highest BCUT2D eigenvalue weighted by Gasteiger charge is 2.26. The van der Waals surface area contributed by atoms with Gasteiger partial charge in [-0.3, -0.25) is 4.57 Å². The van der Waals surface area contributed by atoms with Gasteiger partial charge in [-0.2, -0.15) is 4.98 Å². The van der Waals surface area contributed by atoms with Gasteiger partial charge < -0.3 is 20.5 Å². The fourth-order valence-electron chi connectivity index (χ4n) is 2.17. The lowest BCUT2D eigenvalue weighted by atomic mass is 10.1. The minimum atomic E-state index is -0.340. The van der Waals surface area contributed by atoms with Crippen LogP contribution in [0, 0.1) is 0 Å². The van der Waals surface area contributed by atoms with E-state index < -0.39 is 0 Å². The predicted octanol–water partition coefficient (Wildman–Crippen LogP) is 0.449. The van der Waals surface area contributed by atoms with Crippen molar-refractivity contribution in [2.24, 2.45) is 12.8 Å². The molecule has 1 aliphatic carbocycles. The number of nitrogens with one attached hydrogen (secondary N) is 1. The molecule has 0 spiro atoms. The van der Waals surface area contributed by atoms with E-state index >= 15 is 0 Å². The van der Waals surface area contributed by atoms with E-state index in [2.05, 4.69) is 10.3 Å². The maximum absolute atomic E-state index is 11.6. The Morgan fingerprint density at radius 1 is 1.60 bits per heavy atom. The lowest BCUT2D eigenvalue weighted by Gasteiger charge is -2.27. The number of hydrogen-bond donors (Lipinski definition) is 2. The van der Waals surface area contributed by atoms with Crippen LogP contribution in [0.4, 0.5) is 5.82 Å². The predicted molar refractivity (Wildman–Crippen MR) is 73.1 cm³/mol. The van der Waals surface area contributed by atoms with Crippen molar-refractivity contribution < 1.29 is 9.47 Å². The second-order valence-corrected chi connectivity index (χ2v) is 4.62. The average molecular weight is 276 g/mol. The van der Waals surface area contributed by atoms with Crippen molar-refractivity contribution in [2.45, 2.75) is 12.8 Å². The van der Waals surface area contributed by atoms with Gasteiger partial charge in [0.05, 0.1) is 6.20 Å². The molecule has 0 saturated heterocycles. The summed E-state index contributed by atoms with van der Waals surface area (Å²) >= 11 is 0. The molecule has 1 aromatic rings. The number of ether oxygens (including phenoxy) is 2. The van der Waals surface area contributed by atoms with Crippen LogP contribution in [0.3, 0.4) is 0 Å². The molecule has 2 heterocycles. The Labute approximate surface area is 115 Å². The number of anilines is 1. The first kappa shape index (κ1) is 12.7. The van der Waals surface area contributed by atoms with Crippen LogP contribution in [0.25, 0.3) is 0 Å². The first-order valence-corrected chi connectivity index (χ1v) is 6.48. The number of allylic oxidation sites excluding steroid dienone is 2. The minimum Gasteiger partial charge on any atom is -0.490 e. The number of aromatic nitrogens is 2. The third kappa shape index (κ3) is 2.16. The zero-order valence-electron chi connectivity index (χ0n) is 11.2. The van der Waals surface area contributed by atoms with Crippen LogP contribution in [0.15, 0.2) is 34.3 Å². The zero-order valence-corrected chi connectivity index (χ0v) is 11.2. The van der Waals surface area contributed by atoms with E-state index in [1.165, 1.54) is 4.57 Å². The van der Waals surface area contributed by atoms with Gasteiger partial charge >= 0.3 is 5.69 Å². The monoisotopic (exact) mass is 276 g/mol. The molecule has 1 aromatic heterocycles. The fourth-order valence-corrected chi connectivity index (χ4v) is 2.17. The van der Waals surface area contributed by atoms with E-state index in [4.69, 9.17) is 15.2 Å². The maximum atomic E-state index is 11.6. The van der Waals surface area contributed by atoms with Gasteiger partial charge in [0.25, 0.3) is 0 Å².